The molecule has 1 atom stereocenters. The Hall–Kier alpha value is -3.21. The van der Waals surface area contributed by atoms with Gasteiger partial charge in [-0.15, -0.1) is 0 Å². The molecule has 0 spiro atoms. The molecule has 140 valence electrons. The second-order valence-corrected chi connectivity index (χ2v) is 6.14. The highest BCUT2D eigenvalue weighted by Crippen LogP contribution is 2.39. The van der Waals surface area contributed by atoms with Crippen LogP contribution in [0.1, 0.15) is 36.3 Å². The van der Waals surface area contributed by atoms with Gasteiger partial charge in [0.15, 0.2) is 29.1 Å². The lowest BCUT2D eigenvalue weighted by Crippen LogP contribution is -2.19. The summed E-state index contributed by atoms with van der Waals surface area (Å²) in [6.45, 7) is -0.390. The molecular formula is C16H16F2N8O. The average Bonchev–Trinajstić information content (AvgIpc) is 3.42. The maximum atomic E-state index is 14.1. The minimum absolute atomic E-state index is 0.0452. The first-order valence-electron chi connectivity index (χ1n) is 8.32. The zero-order chi connectivity index (χ0) is 18.8. The Morgan fingerprint density at radius 3 is 2.67 bits per heavy atom. The van der Waals surface area contributed by atoms with Crippen molar-refractivity contribution in [3.05, 3.63) is 47.8 Å². The Kier molecular flexibility index (Phi) is 4.59. The summed E-state index contributed by atoms with van der Waals surface area (Å²) < 4.78 is 27.0. The first kappa shape index (κ1) is 17.2. The number of nitrogens with one attached hydrogen (secondary N) is 3. The molecule has 9 nitrogen and oxygen atoms in total. The Balaban J connectivity index is 1.51. The molecule has 3 aromatic rings. The lowest BCUT2D eigenvalue weighted by atomic mass is 10.3. The van der Waals surface area contributed by atoms with E-state index in [-0.39, 0.29) is 24.2 Å². The van der Waals surface area contributed by atoms with Gasteiger partial charge in [0.05, 0.1) is 25.2 Å². The van der Waals surface area contributed by atoms with Gasteiger partial charge in [0, 0.05) is 17.7 Å². The van der Waals surface area contributed by atoms with Crippen LogP contribution in [0.25, 0.3) is 0 Å². The van der Waals surface area contributed by atoms with Crippen molar-refractivity contribution in [3.63, 3.8) is 0 Å². The van der Waals surface area contributed by atoms with Crippen LogP contribution in [-0.4, -0.2) is 41.8 Å². The zero-order valence-corrected chi connectivity index (χ0v) is 14.0. The van der Waals surface area contributed by atoms with E-state index in [1.165, 1.54) is 0 Å². The van der Waals surface area contributed by atoms with E-state index in [9.17, 15) is 13.9 Å². The molecule has 0 aliphatic heterocycles. The number of aromatic amines is 1. The van der Waals surface area contributed by atoms with Crippen LogP contribution < -0.4 is 10.6 Å². The van der Waals surface area contributed by atoms with Gasteiger partial charge < -0.3 is 15.7 Å². The normalized spacial score (nSPS) is 14.8. The van der Waals surface area contributed by atoms with Crippen LogP contribution in [0.5, 0.6) is 0 Å². The number of H-pyrrole nitrogens is 1. The summed E-state index contributed by atoms with van der Waals surface area (Å²) in [5, 5.41) is 22.1. The minimum Gasteiger partial charge on any atom is -0.394 e. The molecule has 1 fully saturated rings. The fourth-order valence-electron chi connectivity index (χ4n) is 2.50. The molecule has 0 unspecified atom stereocenters. The molecule has 11 heteroatoms. The summed E-state index contributed by atoms with van der Waals surface area (Å²) >= 11 is 0. The Morgan fingerprint density at radius 2 is 1.96 bits per heavy atom. The molecule has 3 heterocycles. The highest BCUT2D eigenvalue weighted by Gasteiger charge is 2.25. The molecule has 1 saturated carbocycles. The first-order valence-corrected chi connectivity index (χ1v) is 8.32. The number of rotatable bonds is 7. The number of nitrogens with zero attached hydrogens (tertiary/aromatic N) is 5. The standard InChI is InChI=1S/C16H16F2N8O/c17-9-4-19-15(20-5-9)12(7-27)22-16-21-6-10(18)14(24-16)23-13-3-11(25-26-13)8-1-2-8/h3-6,8,12,27H,1-2,7H2,(H3,21,22,23,24,25,26)/t12-/m0/s1. The predicted molar refractivity (Wildman–Crippen MR) is 91.3 cm³/mol. The second-order valence-electron chi connectivity index (χ2n) is 6.14. The van der Waals surface area contributed by atoms with Gasteiger partial charge in [-0.3, -0.25) is 5.10 Å². The third-order valence-electron chi connectivity index (χ3n) is 4.04. The van der Waals surface area contributed by atoms with E-state index in [1.807, 2.05) is 6.07 Å². The van der Waals surface area contributed by atoms with Crippen LogP contribution in [0.3, 0.4) is 0 Å². The largest absolute Gasteiger partial charge is 0.394 e. The monoisotopic (exact) mass is 374 g/mol. The number of aliphatic hydroxyl groups is 1. The van der Waals surface area contributed by atoms with Crippen molar-refractivity contribution in [2.24, 2.45) is 0 Å². The molecule has 0 amide bonds. The number of hydrogen-bond donors (Lipinski definition) is 4. The SMILES string of the molecule is OC[C@H](Nc1ncc(F)c(Nc2cc(C3CC3)[nH]n2)n1)c1ncc(F)cn1. The van der Waals surface area contributed by atoms with Crippen LogP contribution in [0, 0.1) is 11.6 Å². The van der Waals surface area contributed by atoms with Crippen molar-refractivity contribution in [1.29, 1.82) is 0 Å². The van der Waals surface area contributed by atoms with E-state index >= 15 is 0 Å². The molecule has 4 rings (SSSR count). The first-order chi connectivity index (χ1) is 13.1. The molecule has 0 aromatic carbocycles. The van der Waals surface area contributed by atoms with Gasteiger partial charge in [-0.25, -0.2) is 23.7 Å². The fourth-order valence-corrected chi connectivity index (χ4v) is 2.50. The highest BCUT2D eigenvalue weighted by atomic mass is 19.1. The van der Waals surface area contributed by atoms with Gasteiger partial charge in [0.25, 0.3) is 0 Å². The van der Waals surface area contributed by atoms with Crippen molar-refractivity contribution in [3.8, 4) is 0 Å². The predicted octanol–water partition coefficient (Wildman–Crippen LogP) is 2.03. The van der Waals surface area contributed by atoms with Gasteiger partial charge in [0.1, 0.15) is 6.04 Å². The molecule has 0 saturated heterocycles. The number of halogens is 2. The summed E-state index contributed by atoms with van der Waals surface area (Å²) in [4.78, 5) is 15.5. The summed E-state index contributed by atoms with van der Waals surface area (Å²) in [5.41, 5.74) is 0.999. The Morgan fingerprint density at radius 1 is 1.19 bits per heavy atom. The summed E-state index contributed by atoms with van der Waals surface area (Å²) in [6, 6.07) is 1.03. The van der Waals surface area contributed by atoms with E-state index in [4.69, 9.17) is 0 Å². The fraction of sp³-hybridized carbons (Fsp3) is 0.312. The Bertz CT molecular complexity index is 928. The van der Waals surface area contributed by atoms with Crippen molar-refractivity contribution in [2.75, 3.05) is 17.2 Å². The van der Waals surface area contributed by atoms with E-state index in [0.29, 0.717) is 11.7 Å². The Labute approximate surface area is 152 Å². The average molecular weight is 374 g/mol. The van der Waals surface area contributed by atoms with Crippen LogP contribution in [0.15, 0.2) is 24.7 Å². The molecule has 27 heavy (non-hydrogen) atoms. The van der Waals surface area contributed by atoms with E-state index in [2.05, 4.69) is 40.8 Å². The third kappa shape index (κ3) is 3.97. The van der Waals surface area contributed by atoms with Crippen molar-refractivity contribution in [2.45, 2.75) is 24.8 Å². The lowest BCUT2D eigenvalue weighted by Gasteiger charge is -2.15. The van der Waals surface area contributed by atoms with Gasteiger partial charge >= 0.3 is 0 Å². The topological polar surface area (TPSA) is 125 Å². The van der Waals surface area contributed by atoms with Crippen molar-refractivity contribution >= 4 is 17.6 Å². The quantitative estimate of drug-likeness (QED) is 0.495. The van der Waals surface area contributed by atoms with Crippen LogP contribution in [-0.2, 0) is 0 Å². The molecule has 1 aliphatic rings. The minimum atomic E-state index is -0.782. The maximum absolute atomic E-state index is 14.1. The second kappa shape index (κ2) is 7.19. The van der Waals surface area contributed by atoms with Gasteiger partial charge in [0.2, 0.25) is 5.95 Å². The molecule has 0 bridgehead atoms. The van der Waals surface area contributed by atoms with Crippen molar-refractivity contribution < 1.29 is 13.9 Å². The molecule has 4 N–H and O–H groups in total. The number of aliphatic hydroxyl groups excluding tert-OH is 1. The smallest absolute Gasteiger partial charge is 0.225 e. The summed E-state index contributed by atoms with van der Waals surface area (Å²) in [6.07, 6.45) is 5.20. The van der Waals surface area contributed by atoms with Gasteiger partial charge in [-0.1, -0.05) is 0 Å². The summed E-state index contributed by atoms with van der Waals surface area (Å²) in [7, 11) is 0. The van der Waals surface area contributed by atoms with Crippen molar-refractivity contribution in [1.82, 2.24) is 30.1 Å². The number of aromatic nitrogens is 6. The van der Waals surface area contributed by atoms with Gasteiger partial charge in [-0.2, -0.15) is 10.1 Å². The molecule has 1 aliphatic carbocycles. The third-order valence-corrected chi connectivity index (χ3v) is 4.04. The molecule has 0 radical (unpaired) electrons. The molecule has 3 aromatic heterocycles. The number of hydrogen-bond acceptors (Lipinski definition) is 8. The van der Waals surface area contributed by atoms with Crippen LogP contribution >= 0.6 is 0 Å². The van der Waals surface area contributed by atoms with Crippen LogP contribution in [0.4, 0.5) is 26.4 Å². The highest BCUT2D eigenvalue weighted by molar-refractivity contribution is 5.54. The summed E-state index contributed by atoms with van der Waals surface area (Å²) in [5.74, 6) is -0.188. The van der Waals surface area contributed by atoms with E-state index in [1.54, 1.807) is 0 Å². The van der Waals surface area contributed by atoms with Gasteiger partial charge in [-0.05, 0) is 12.8 Å². The number of anilines is 3. The van der Waals surface area contributed by atoms with E-state index < -0.39 is 17.7 Å². The molecular weight excluding hydrogens is 358 g/mol. The van der Waals surface area contributed by atoms with Crippen LogP contribution in [0.2, 0.25) is 0 Å². The zero-order valence-electron chi connectivity index (χ0n) is 14.0. The maximum Gasteiger partial charge on any atom is 0.225 e. The van der Waals surface area contributed by atoms with E-state index in [0.717, 1.165) is 37.1 Å². The lowest BCUT2D eigenvalue weighted by molar-refractivity contribution is 0.271.